The maximum Gasteiger partial charge on any atom is 0.337 e. The van der Waals surface area contributed by atoms with Crippen LogP contribution in [0.5, 0.6) is 11.5 Å². The molecule has 0 saturated carbocycles. The highest BCUT2D eigenvalue weighted by molar-refractivity contribution is 6.35. The summed E-state index contributed by atoms with van der Waals surface area (Å²) in [5, 5.41) is 17.9. The molecule has 14 heteroatoms. The van der Waals surface area contributed by atoms with Crippen LogP contribution in [0.15, 0.2) is 42.6 Å². The predicted molar refractivity (Wildman–Crippen MR) is 235 cm³/mol. The van der Waals surface area contributed by atoms with Gasteiger partial charge in [0.1, 0.15) is 23.8 Å². The number of carbonyl (C=O) groups is 2. The zero-order valence-electron chi connectivity index (χ0n) is 35.2. The van der Waals surface area contributed by atoms with E-state index in [0.29, 0.717) is 85.4 Å². The fraction of sp³-hybridized carbons (Fsp3) is 0.400. The molecule has 7 rings (SSSR count). The van der Waals surface area contributed by atoms with E-state index in [1.165, 1.54) is 0 Å². The quantitative estimate of drug-likeness (QED) is 0.102. The number of methoxy groups -OCH3 is 1. The second-order valence-electron chi connectivity index (χ2n) is 15.8. The molecule has 1 N–H and O–H groups in total. The van der Waals surface area contributed by atoms with Crippen molar-refractivity contribution < 1.29 is 28.9 Å². The SMILES string of the molecule is COCCn1cc(C(=O)O)c2cc(OCCN(C)C)cc(N3C[C@@H](C)n4c(c(CCCOc5cc(C)c(Cl)c(C)c5)c5ccc(Cl)c(-c6c(C)nn(C)c6C)c54)C3=O)c21. The van der Waals surface area contributed by atoms with Crippen LogP contribution in [0.1, 0.15) is 68.3 Å². The number of benzene rings is 3. The number of likely N-dealkylation sites (N-methyl/N-ethyl adjacent to an activating group) is 1. The van der Waals surface area contributed by atoms with E-state index in [1.807, 2.05) is 93.3 Å². The third kappa shape index (κ3) is 7.79. The van der Waals surface area contributed by atoms with Gasteiger partial charge >= 0.3 is 5.97 Å². The van der Waals surface area contributed by atoms with Crippen LogP contribution in [-0.4, -0.2) is 94.9 Å². The van der Waals surface area contributed by atoms with Crippen molar-refractivity contribution in [3.05, 3.63) is 92.0 Å². The first-order valence-electron chi connectivity index (χ1n) is 19.9. The molecule has 3 aromatic carbocycles. The van der Waals surface area contributed by atoms with E-state index in [2.05, 4.69) is 11.5 Å². The lowest BCUT2D eigenvalue weighted by atomic mass is 9.98. The van der Waals surface area contributed by atoms with E-state index in [0.717, 1.165) is 60.9 Å². The van der Waals surface area contributed by atoms with Crippen LogP contribution in [0.4, 0.5) is 5.69 Å². The molecule has 1 atom stereocenters. The maximum atomic E-state index is 15.5. The Kier molecular flexibility index (Phi) is 12.1. The summed E-state index contributed by atoms with van der Waals surface area (Å²) >= 11 is 13.6. The summed E-state index contributed by atoms with van der Waals surface area (Å²) in [7, 11) is 7.45. The Bertz CT molecular complexity index is 2580. The molecule has 0 bridgehead atoms. The lowest BCUT2D eigenvalue weighted by Gasteiger charge is -2.35. The fourth-order valence-corrected chi connectivity index (χ4v) is 8.86. The number of carbonyl (C=O) groups excluding carboxylic acids is 1. The molecule has 1 aliphatic rings. The van der Waals surface area contributed by atoms with Crippen molar-refractivity contribution in [2.24, 2.45) is 7.05 Å². The topological polar surface area (TPSA) is 116 Å². The van der Waals surface area contributed by atoms with Crippen molar-refractivity contribution in [2.45, 2.75) is 60.0 Å². The highest BCUT2D eigenvalue weighted by Gasteiger charge is 2.38. The van der Waals surface area contributed by atoms with Gasteiger partial charge in [-0.15, -0.1) is 0 Å². The van der Waals surface area contributed by atoms with E-state index in [-0.39, 0.29) is 17.5 Å². The Morgan fingerprint density at radius 1 is 0.949 bits per heavy atom. The number of amides is 1. The van der Waals surface area contributed by atoms with Gasteiger partial charge in [-0.1, -0.05) is 29.3 Å². The van der Waals surface area contributed by atoms with Crippen LogP contribution in [0, 0.1) is 27.7 Å². The Morgan fingerprint density at radius 2 is 1.64 bits per heavy atom. The summed E-state index contributed by atoms with van der Waals surface area (Å²) in [5.41, 5.74) is 9.13. The summed E-state index contributed by atoms with van der Waals surface area (Å²) in [6.45, 7) is 12.5. The summed E-state index contributed by atoms with van der Waals surface area (Å²) < 4.78 is 23.8. The van der Waals surface area contributed by atoms with Crippen molar-refractivity contribution in [3.63, 3.8) is 0 Å². The average molecular weight is 844 g/mol. The summed E-state index contributed by atoms with van der Waals surface area (Å²) in [5.74, 6) is -0.0482. The molecular weight excluding hydrogens is 791 g/mol. The van der Waals surface area contributed by atoms with E-state index >= 15 is 4.79 Å². The predicted octanol–water partition coefficient (Wildman–Crippen LogP) is 9.05. The van der Waals surface area contributed by atoms with Gasteiger partial charge in [-0.2, -0.15) is 5.10 Å². The second kappa shape index (κ2) is 16.9. The Hall–Kier alpha value is -5.01. The third-order valence-electron chi connectivity index (χ3n) is 11.4. The minimum Gasteiger partial charge on any atom is -0.494 e. The van der Waals surface area contributed by atoms with Gasteiger partial charge in [-0.3, -0.25) is 9.48 Å². The van der Waals surface area contributed by atoms with Crippen LogP contribution in [0.3, 0.4) is 0 Å². The third-order valence-corrected chi connectivity index (χ3v) is 12.3. The summed E-state index contributed by atoms with van der Waals surface area (Å²) in [6.07, 6.45) is 2.79. The molecule has 3 aromatic heterocycles. The molecule has 0 aliphatic carbocycles. The molecular formula is C45H52Cl2N6O6. The van der Waals surface area contributed by atoms with E-state index < -0.39 is 5.97 Å². The number of aromatic nitrogens is 4. The molecule has 0 saturated heterocycles. The average Bonchev–Trinajstić information content (AvgIpc) is 3.81. The van der Waals surface area contributed by atoms with Crippen molar-refractivity contribution in [1.29, 1.82) is 0 Å². The second-order valence-corrected chi connectivity index (χ2v) is 16.6. The summed E-state index contributed by atoms with van der Waals surface area (Å²) in [4.78, 5) is 32.0. The number of ether oxygens (including phenoxy) is 3. The number of rotatable bonds is 15. The Balaban J connectivity index is 1.41. The molecule has 312 valence electrons. The normalized spacial score (nSPS) is 14.3. The Labute approximate surface area is 354 Å². The minimum atomic E-state index is -1.07. The van der Waals surface area contributed by atoms with Gasteiger partial charge in [0.15, 0.2) is 0 Å². The number of aromatic carboxylic acids is 1. The Morgan fingerprint density at radius 3 is 2.29 bits per heavy atom. The first-order valence-corrected chi connectivity index (χ1v) is 20.6. The van der Waals surface area contributed by atoms with Crippen molar-refractivity contribution in [2.75, 3.05) is 59.0 Å². The van der Waals surface area contributed by atoms with Gasteiger partial charge in [0.05, 0.1) is 46.2 Å². The zero-order valence-corrected chi connectivity index (χ0v) is 36.7. The lowest BCUT2D eigenvalue weighted by molar-refractivity contribution is 0.0698. The van der Waals surface area contributed by atoms with Gasteiger partial charge in [-0.05, 0) is 103 Å². The molecule has 4 heterocycles. The standard InChI is InChI=1S/C45H52Cl2N6O6/c1-25-19-30(20-26(2)40(25)47)58-16-10-11-32-33-12-13-36(46)39(38-28(4)48-50(8)29(38)5)42(33)53-27(3)23-52(44(54)43(32)53)37-22-31(59-18-14-49(6)7)21-34-35(45(55)56)24-51(41(34)37)15-17-57-9/h12-13,19-22,24,27H,10-11,14-18,23H2,1-9H3,(H,55,56)/t27-/m1/s1. The highest BCUT2D eigenvalue weighted by atomic mass is 35.5. The molecule has 0 spiro atoms. The largest absolute Gasteiger partial charge is 0.494 e. The minimum absolute atomic E-state index is 0.121. The number of hydrogen-bond acceptors (Lipinski definition) is 7. The maximum absolute atomic E-state index is 15.5. The number of anilines is 1. The first-order chi connectivity index (χ1) is 28.1. The fourth-order valence-electron chi connectivity index (χ4n) is 8.50. The van der Waals surface area contributed by atoms with Gasteiger partial charge in [0, 0.05) is 84.7 Å². The molecule has 1 aliphatic heterocycles. The number of hydrogen-bond donors (Lipinski definition) is 1. The smallest absolute Gasteiger partial charge is 0.337 e. The van der Waals surface area contributed by atoms with Crippen LogP contribution in [-0.2, 0) is 24.8 Å². The van der Waals surface area contributed by atoms with E-state index in [9.17, 15) is 9.90 Å². The zero-order chi connectivity index (χ0) is 42.4. The molecule has 0 fully saturated rings. The number of aryl methyl sites for hydroxylation is 5. The van der Waals surface area contributed by atoms with Crippen molar-refractivity contribution in [1.82, 2.24) is 23.8 Å². The molecule has 12 nitrogen and oxygen atoms in total. The molecule has 1 amide bonds. The van der Waals surface area contributed by atoms with Gasteiger partial charge in [0.2, 0.25) is 0 Å². The molecule has 6 aromatic rings. The van der Waals surface area contributed by atoms with Crippen molar-refractivity contribution in [3.8, 4) is 22.6 Å². The van der Waals surface area contributed by atoms with Crippen molar-refractivity contribution >= 4 is 62.6 Å². The summed E-state index contributed by atoms with van der Waals surface area (Å²) in [6, 6.07) is 11.2. The van der Waals surface area contributed by atoms with Crippen LogP contribution >= 0.6 is 23.2 Å². The van der Waals surface area contributed by atoms with Gasteiger partial charge in [0.25, 0.3) is 5.91 Å². The van der Waals surface area contributed by atoms with Crippen LogP contribution < -0.4 is 14.4 Å². The number of carboxylic acids is 1. The first kappa shape index (κ1) is 42.1. The van der Waals surface area contributed by atoms with Gasteiger partial charge < -0.3 is 38.3 Å². The van der Waals surface area contributed by atoms with Crippen LogP contribution in [0.25, 0.3) is 32.9 Å². The number of halogens is 2. The van der Waals surface area contributed by atoms with E-state index in [1.54, 1.807) is 24.3 Å². The van der Waals surface area contributed by atoms with Gasteiger partial charge in [-0.25, -0.2) is 4.79 Å². The molecule has 0 radical (unpaired) electrons. The number of carboxylic acid groups (broad SMARTS) is 1. The highest BCUT2D eigenvalue weighted by Crippen LogP contribution is 2.46. The molecule has 59 heavy (non-hydrogen) atoms. The molecule has 0 unspecified atom stereocenters. The number of nitrogens with zero attached hydrogens (tertiary/aromatic N) is 6. The van der Waals surface area contributed by atoms with E-state index in [4.69, 9.17) is 42.5 Å². The lowest BCUT2D eigenvalue weighted by Crippen LogP contribution is -2.43. The van der Waals surface area contributed by atoms with Crippen LogP contribution in [0.2, 0.25) is 10.0 Å². The number of fused-ring (bicyclic) bond motifs is 4. The monoisotopic (exact) mass is 842 g/mol.